The number of amides is 2. The summed E-state index contributed by atoms with van der Waals surface area (Å²) in [7, 11) is 0. The Bertz CT molecular complexity index is 1240. The highest BCUT2D eigenvalue weighted by Gasteiger charge is 2.33. The van der Waals surface area contributed by atoms with Crippen LogP contribution in [0.2, 0.25) is 0 Å². The fourth-order valence-corrected chi connectivity index (χ4v) is 4.13. The van der Waals surface area contributed by atoms with Crippen LogP contribution in [-0.4, -0.2) is 54.4 Å². The van der Waals surface area contributed by atoms with Crippen LogP contribution in [0.4, 0.5) is 15.9 Å². The molecule has 0 radical (unpaired) electrons. The van der Waals surface area contributed by atoms with Crippen molar-refractivity contribution in [3.63, 3.8) is 0 Å². The van der Waals surface area contributed by atoms with Crippen LogP contribution >= 0.6 is 0 Å². The topological polar surface area (TPSA) is 66.0 Å². The van der Waals surface area contributed by atoms with Crippen molar-refractivity contribution in [3.8, 4) is 5.75 Å². The van der Waals surface area contributed by atoms with Crippen molar-refractivity contribution in [3.05, 3.63) is 90.1 Å². The van der Waals surface area contributed by atoms with Gasteiger partial charge in [-0.3, -0.25) is 14.5 Å². The van der Waals surface area contributed by atoms with Crippen LogP contribution in [0.25, 0.3) is 6.08 Å². The van der Waals surface area contributed by atoms with Crippen molar-refractivity contribution in [2.45, 2.75) is 0 Å². The molecule has 3 aromatic rings. The predicted octanol–water partition coefficient (Wildman–Crippen LogP) is 3.34. The third kappa shape index (κ3) is 4.47. The zero-order valence-electron chi connectivity index (χ0n) is 18.4. The number of aromatic nitrogens is 1. The maximum absolute atomic E-state index is 13.6. The Labute approximate surface area is 196 Å². The van der Waals surface area contributed by atoms with Gasteiger partial charge in [0.05, 0.1) is 5.69 Å². The van der Waals surface area contributed by atoms with Gasteiger partial charge in [0.1, 0.15) is 18.2 Å². The number of carbonyl (C=O) groups excluding carboxylic acids is 2. The molecule has 5 rings (SSSR count). The number of anilines is 2. The third-order valence-corrected chi connectivity index (χ3v) is 5.88. The molecule has 0 N–H and O–H groups in total. The molecule has 1 fully saturated rings. The second kappa shape index (κ2) is 9.35. The molecule has 0 bridgehead atoms. The summed E-state index contributed by atoms with van der Waals surface area (Å²) in [5, 5.41) is 0. The molecule has 3 heterocycles. The number of hydrogen-bond acceptors (Lipinski definition) is 5. The number of pyridine rings is 1. The van der Waals surface area contributed by atoms with Crippen LogP contribution in [0.15, 0.2) is 78.7 Å². The number of halogens is 1. The van der Waals surface area contributed by atoms with Crippen molar-refractivity contribution >= 4 is 29.4 Å². The predicted molar refractivity (Wildman–Crippen MR) is 127 cm³/mol. The summed E-state index contributed by atoms with van der Waals surface area (Å²) in [6.45, 7) is 2.31. The van der Waals surface area contributed by atoms with E-state index in [1.807, 2.05) is 18.2 Å². The SMILES string of the molecule is O=C(CN1C(=O)/C(=C\c2cccc(F)c2)Oc2ccccc21)N1CCN(c2ccccn2)CC1. The Morgan fingerprint density at radius 1 is 1.00 bits per heavy atom. The van der Waals surface area contributed by atoms with Gasteiger partial charge < -0.3 is 14.5 Å². The van der Waals surface area contributed by atoms with E-state index in [-0.39, 0.29) is 18.2 Å². The molecular formula is C26H23FN4O3. The smallest absolute Gasteiger partial charge is 0.294 e. The summed E-state index contributed by atoms with van der Waals surface area (Å²) < 4.78 is 19.4. The lowest BCUT2D eigenvalue weighted by atomic mass is 10.1. The van der Waals surface area contributed by atoms with Crippen LogP contribution in [-0.2, 0) is 9.59 Å². The number of hydrogen-bond donors (Lipinski definition) is 0. The van der Waals surface area contributed by atoms with Gasteiger partial charge in [-0.05, 0) is 48.0 Å². The minimum absolute atomic E-state index is 0.0390. The Morgan fingerprint density at radius 3 is 2.56 bits per heavy atom. The Kier molecular flexibility index (Phi) is 5.95. The second-order valence-corrected chi connectivity index (χ2v) is 8.08. The van der Waals surface area contributed by atoms with E-state index < -0.39 is 11.7 Å². The number of para-hydroxylation sites is 2. The van der Waals surface area contributed by atoms with Crippen LogP contribution in [0.1, 0.15) is 5.56 Å². The molecule has 172 valence electrons. The fraction of sp³-hybridized carbons (Fsp3) is 0.192. The molecule has 0 unspecified atom stereocenters. The Hall–Kier alpha value is -4.20. The number of rotatable bonds is 4. The van der Waals surface area contributed by atoms with Crippen LogP contribution in [0.3, 0.4) is 0 Å². The molecule has 1 aromatic heterocycles. The molecule has 1 saturated heterocycles. The van der Waals surface area contributed by atoms with Crippen LogP contribution < -0.4 is 14.5 Å². The second-order valence-electron chi connectivity index (χ2n) is 8.08. The maximum atomic E-state index is 13.6. The minimum atomic E-state index is -0.441. The van der Waals surface area contributed by atoms with Gasteiger partial charge >= 0.3 is 0 Å². The number of carbonyl (C=O) groups is 2. The van der Waals surface area contributed by atoms with E-state index in [1.165, 1.54) is 23.1 Å². The molecular weight excluding hydrogens is 435 g/mol. The molecule has 2 aromatic carbocycles. The molecule has 0 spiro atoms. The van der Waals surface area contributed by atoms with E-state index in [9.17, 15) is 14.0 Å². The maximum Gasteiger partial charge on any atom is 0.294 e. The first kappa shape index (κ1) is 21.6. The average molecular weight is 458 g/mol. The van der Waals surface area contributed by atoms with E-state index in [1.54, 1.807) is 47.5 Å². The molecule has 2 aliphatic heterocycles. The molecule has 34 heavy (non-hydrogen) atoms. The van der Waals surface area contributed by atoms with E-state index in [4.69, 9.17) is 4.74 Å². The minimum Gasteiger partial charge on any atom is -0.449 e. The molecule has 0 saturated carbocycles. The van der Waals surface area contributed by atoms with Crippen molar-refractivity contribution in [1.82, 2.24) is 9.88 Å². The molecule has 8 heteroatoms. The summed E-state index contributed by atoms with van der Waals surface area (Å²) in [6.07, 6.45) is 3.24. The molecule has 0 atom stereocenters. The molecule has 2 amide bonds. The zero-order valence-corrected chi connectivity index (χ0v) is 18.4. The normalized spacial score (nSPS) is 16.9. The summed E-state index contributed by atoms with van der Waals surface area (Å²) in [6, 6.07) is 18.7. The van der Waals surface area contributed by atoms with E-state index in [2.05, 4.69) is 9.88 Å². The summed E-state index contributed by atoms with van der Waals surface area (Å²) in [5.41, 5.74) is 1.03. The van der Waals surface area contributed by atoms with E-state index in [0.29, 0.717) is 43.2 Å². The quantitative estimate of drug-likeness (QED) is 0.561. The van der Waals surface area contributed by atoms with Gasteiger partial charge in [-0.2, -0.15) is 0 Å². The Morgan fingerprint density at radius 2 is 1.79 bits per heavy atom. The van der Waals surface area contributed by atoms with Crippen molar-refractivity contribution in [1.29, 1.82) is 0 Å². The van der Waals surface area contributed by atoms with Gasteiger partial charge in [0.25, 0.3) is 5.91 Å². The van der Waals surface area contributed by atoms with E-state index in [0.717, 1.165) is 5.82 Å². The lowest BCUT2D eigenvalue weighted by Gasteiger charge is -2.37. The van der Waals surface area contributed by atoms with Gasteiger partial charge in [-0.15, -0.1) is 0 Å². The van der Waals surface area contributed by atoms with E-state index >= 15 is 0 Å². The first-order valence-electron chi connectivity index (χ1n) is 11.1. The van der Waals surface area contributed by atoms with Crippen LogP contribution in [0, 0.1) is 5.82 Å². The average Bonchev–Trinajstić information content (AvgIpc) is 2.87. The van der Waals surface area contributed by atoms with Gasteiger partial charge in [-0.1, -0.05) is 30.3 Å². The summed E-state index contributed by atoms with van der Waals surface area (Å²) in [5.74, 6) is 0.405. The molecule has 2 aliphatic rings. The summed E-state index contributed by atoms with van der Waals surface area (Å²) >= 11 is 0. The standard InChI is InChI=1S/C26H23FN4O3/c27-20-7-5-6-19(16-20)17-23-26(33)31(21-8-1-2-9-22(21)34-23)18-25(32)30-14-12-29(13-15-30)24-10-3-4-11-28-24/h1-11,16-17H,12-15,18H2/b23-17+. The highest BCUT2D eigenvalue weighted by atomic mass is 19.1. The number of fused-ring (bicyclic) bond motifs is 1. The number of piperazine rings is 1. The first-order valence-corrected chi connectivity index (χ1v) is 11.1. The van der Waals surface area contributed by atoms with Crippen molar-refractivity contribution < 1.29 is 18.7 Å². The lowest BCUT2D eigenvalue weighted by molar-refractivity contribution is -0.131. The largest absolute Gasteiger partial charge is 0.449 e. The third-order valence-electron chi connectivity index (χ3n) is 5.88. The molecule has 0 aliphatic carbocycles. The summed E-state index contributed by atoms with van der Waals surface area (Å²) in [4.78, 5) is 36.2. The molecule has 7 nitrogen and oxygen atoms in total. The van der Waals surface area contributed by atoms with Crippen LogP contribution in [0.5, 0.6) is 5.75 Å². The fourth-order valence-electron chi connectivity index (χ4n) is 4.13. The first-order chi connectivity index (χ1) is 16.6. The Balaban J connectivity index is 1.33. The number of nitrogens with zero attached hydrogens (tertiary/aromatic N) is 4. The van der Waals surface area contributed by atoms with Crippen molar-refractivity contribution in [2.24, 2.45) is 0 Å². The van der Waals surface area contributed by atoms with Crippen molar-refractivity contribution in [2.75, 3.05) is 42.5 Å². The van der Waals surface area contributed by atoms with Gasteiger partial charge in [0, 0.05) is 32.4 Å². The number of benzene rings is 2. The lowest BCUT2D eigenvalue weighted by Crippen LogP contribution is -2.52. The monoisotopic (exact) mass is 458 g/mol. The highest BCUT2D eigenvalue weighted by molar-refractivity contribution is 6.12. The highest BCUT2D eigenvalue weighted by Crippen LogP contribution is 2.35. The van der Waals surface area contributed by atoms with Gasteiger partial charge in [0.2, 0.25) is 5.91 Å². The van der Waals surface area contributed by atoms with Gasteiger partial charge in [0.15, 0.2) is 11.5 Å². The van der Waals surface area contributed by atoms with Gasteiger partial charge in [-0.25, -0.2) is 9.37 Å². The zero-order chi connectivity index (χ0) is 23.5. The number of ether oxygens (including phenoxy) is 1.